The van der Waals surface area contributed by atoms with Crippen molar-refractivity contribution in [3.63, 3.8) is 0 Å². The third-order valence-electron chi connectivity index (χ3n) is 3.37. The molecule has 0 saturated heterocycles. The lowest BCUT2D eigenvalue weighted by Crippen LogP contribution is -1.96. The Morgan fingerprint density at radius 1 is 0.857 bits per heavy atom. The maximum Gasteiger partial charge on any atom is 0.263 e. The van der Waals surface area contributed by atoms with Crippen molar-refractivity contribution in [3.8, 4) is 0 Å². The number of benzene rings is 2. The van der Waals surface area contributed by atoms with E-state index >= 15 is 0 Å². The summed E-state index contributed by atoms with van der Waals surface area (Å²) < 4.78 is 12.1. The highest BCUT2D eigenvalue weighted by molar-refractivity contribution is 9.10. The van der Waals surface area contributed by atoms with E-state index in [1.807, 2.05) is 42.5 Å². The van der Waals surface area contributed by atoms with Crippen molar-refractivity contribution in [1.82, 2.24) is 0 Å². The largest absolute Gasteiger partial charge is 0.452 e. The number of carbonyl (C=O) groups excluding carboxylic acids is 1. The van der Waals surface area contributed by atoms with Crippen LogP contribution in [0.3, 0.4) is 0 Å². The molecule has 102 valence electrons. The fourth-order valence-corrected chi connectivity index (χ4v) is 2.82. The third-order valence-corrected chi connectivity index (χ3v) is 3.99. The first-order valence-corrected chi connectivity index (χ1v) is 7.23. The van der Waals surface area contributed by atoms with Crippen molar-refractivity contribution in [2.24, 2.45) is 0 Å². The molecule has 4 heteroatoms. The minimum atomic E-state index is -0.255. The second-order valence-corrected chi connectivity index (χ2v) is 5.60. The Kier molecular flexibility index (Phi) is 2.72. The molecule has 0 amide bonds. The number of halogens is 1. The third kappa shape index (κ3) is 1.99. The molecule has 4 rings (SSSR count). The van der Waals surface area contributed by atoms with E-state index in [-0.39, 0.29) is 17.3 Å². The highest BCUT2D eigenvalue weighted by atomic mass is 79.9. The van der Waals surface area contributed by atoms with E-state index < -0.39 is 0 Å². The molecule has 4 aromatic rings. The number of rotatable bonds is 2. The van der Waals surface area contributed by atoms with Crippen LogP contribution in [0.5, 0.6) is 0 Å². The molecule has 0 N–H and O–H groups in total. The average Bonchev–Trinajstić information content (AvgIpc) is 3.11. The van der Waals surface area contributed by atoms with Gasteiger partial charge in [0.25, 0.3) is 5.78 Å². The van der Waals surface area contributed by atoms with Gasteiger partial charge >= 0.3 is 0 Å². The molecule has 2 aromatic carbocycles. The van der Waals surface area contributed by atoms with E-state index in [4.69, 9.17) is 8.83 Å². The van der Waals surface area contributed by atoms with Crippen LogP contribution in [0.25, 0.3) is 21.9 Å². The minimum Gasteiger partial charge on any atom is -0.452 e. The average molecular weight is 341 g/mol. The zero-order valence-corrected chi connectivity index (χ0v) is 12.4. The van der Waals surface area contributed by atoms with E-state index in [0.29, 0.717) is 11.2 Å². The zero-order chi connectivity index (χ0) is 14.4. The van der Waals surface area contributed by atoms with Crippen molar-refractivity contribution >= 4 is 43.7 Å². The summed E-state index contributed by atoms with van der Waals surface area (Å²) in [6, 6.07) is 16.7. The highest BCUT2D eigenvalue weighted by Gasteiger charge is 2.19. The summed E-state index contributed by atoms with van der Waals surface area (Å²) in [7, 11) is 0. The summed E-state index contributed by atoms with van der Waals surface area (Å²) in [6.45, 7) is 0. The molecule has 3 nitrogen and oxygen atoms in total. The van der Waals surface area contributed by atoms with E-state index in [2.05, 4.69) is 15.9 Å². The van der Waals surface area contributed by atoms with Crippen LogP contribution in [0.4, 0.5) is 0 Å². The number of hydrogen-bond donors (Lipinski definition) is 0. The monoisotopic (exact) mass is 340 g/mol. The quantitative estimate of drug-likeness (QED) is 0.472. The van der Waals surface area contributed by atoms with Crippen LogP contribution >= 0.6 is 15.9 Å². The van der Waals surface area contributed by atoms with Gasteiger partial charge in [0.2, 0.25) is 0 Å². The second kappa shape index (κ2) is 4.60. The van der Waals surface area contributed by atoms with Crippen LogP contribution in [-0.2, 0) is 0 Å². The molecular formula is C17H9BrO3. The van der Waals surface area contributed by atoms with Gasteiger partial charge < -0.3 is 8.83 Å². The Balaban J connectivity index is 1.83. The van der Waals surface area contributed by atoms with Gasteiger partial charge in [0.1, 0.15) is 11.2 Å². The van der Waals surface area contributed by atoms with Gasteiger partial charge in [0, 0.05) is 10.8 Å². The number of furan rings is 2. The molecule has 0 unspecified atom stereocenters. The summed E-state index contributed by atoms with van der Waals surface area (Å²) in [5.74, 6) is 0.302. The van der Waals surface area contributed by atoms with Crippen molar-refractivity contribution < 1.29 is 13.6 Å². The topological polar surface area (TPSA) is 43.4 Å². The lowest BCUT2D eigenvalue weighted by Gasteiger charge is -1.92. The summed E-state index contributed by atoms with van der Waals surface area (Å²) in [4.78, 5) is 12.5. The number of ketones is 1. The first-order chi connectivity index (χ1) is 10.2. The van der Waals surface area contributed by atoms with E-state index in [0.717, 1.165) is 15.2 Å². The molecule has 0 aliphatic carbocycles. The van der Waals surface area contributed by atoms with Gasteiger partial charge in [-0.25, -0.2) is 0 Å². The fraction of sp³-hybridized carbons (Fsp3) is 0. The van der Waals surface area contributed by atoms with Gasteiger partial charge in [-0.3, -0.25) is 4.79 Å². The van der Waals surface area contributed by atoms with E-state index in [1.54, 1.807) is 12.1 Å². The first kappa shape index (κ1) is 12.4. The van der Waals surface area contributed by atoms with Crippen LogP contribution in [-0.4, -0.2) is 5.78 Å². The maximum atomic E-state index is 12.5. The van der Waals surface area contributed by atoms with E-state index in [9.17, 15) is 4.79 Å². The lowest BCUT2D eigenvalue weighted by molar-refractivity contribution is 0.0987. The lowest BCUT2D eigenvalue weighted by atomic mass is 10.2. The number of carbonyl (C=O) groups is 1. The van der Waals surface area contributed by atoms with Crippen molar-refractivity contribution in [1.29, 1.82) is 0 Å². The van der Waals surface area contributed by atoms with Crippen molar-refractivity contribution in [3.05, 3.63) is 70.6 Å². The predicted octanol–water partition coefficient (Wildman–Crippen LogP) is 5.17. The fourth-order valence-electron chi connectivity index (χ4n) is 2.35. The Morgan fingerprint density at radius 3 is 2.38 bits per heavy atom. The first-order valence-electron chi connectivity index (χ1n) is 6.44. The molecule has 2 heterocycles. The van der Waals surface area contributed by atoms with Crippen molar-refractivity contribution in [2.75, 3.05) is 0 Å². The molecule has 0 bridgehead atoms. The molecule has 0 radical (unpaired) electrons. The van der Waals surface area contributed by atoms with Crippen LogP contribution in [0, 0.1) is 0 Å². The molecule has 0 aliphatic rings. The highest BCUT2D eigenvalue weighted by Crippen LogP contribution is 2.29. The molecule has 21 heavy (non-hydrogen) atoms. The Bertz CT molecular complexity index is 945. The second-order valence-electron chi connectivity index (χ2n) is 4.75. The van der Waals surface area contributed by atoms with Gasteiger partial charge in [-0.05, 0) is 40.2 Å². The molecule has 0 aliphatic heterocycles. The number of para-hydroxylation sites is 2. The number of fused-ring (bicyclic) bond motifs is 2. The molecule has 0 atom stereocenters. The molecule has 0 saturated carbocycles. The SMILES string of the molecule is O=C(c1cc2ccccc2o1)c1cc2cccc(Br)c2o1. The summed E-state index contributed by atoms with van der Waals surface area (Å²) in [5, 5.41) is 1.78. The van der Waals surface area contributed by atoms with Crippen molar-refractivity contribution in [2.45, 2.75) is 0 Å². The number of hydrogen-bond acceptors (Lipinski definition) is 3. The molecule has 0 spiro atoms. The van der Waals surface area contributed by atoms with Gasteiger partial charge in [-0.2, -0.15) is 0 Å². The summed E-state index contributed by atoms with van der Waals surface area (Å²) >= 11 is 3.42. The van der Waals surface area contributed by atoms with Crippen LogP contribution < -0.4 is 0 Å². The molecular weight excluding hydrogens is 332 g/mol. The van der Waals surface area contributed by atoms with Gasteiger partial charge in [-0.15, -0.1) is 0 Å². The molecule has 2 aromatic heterocycles. The zero-order valence-electron chi connectivity index (χ0n) is 10.8. The Labute approximate surface area is 128 Å². The maximum absolute atomic E-state index is 12.5. The predicted molar refractivity (Wildman–Crippen MR) is 83.6 cm³/mol. The smallest absolute Gasteiger partial charge is 0.263 e. The van der Waals surface area contributed by atoms with Crippen LogP contribution in [0.1, 0.15) is 16.3 Å². The molecule has 0 fully saturated rings. The minimum absolute atomic E-state index is 0.255. The van der Waals surface area contributed by atoms with Gasteiger partial charge in [0.15, 0.2) is 11.5 Å². The summed E-state index contributed by atoms with van der Waals surface area (Å²) in [5.41, 5.74) is 1.36. The van der Waals surface area contributed by atoms with Gasteiger partial charge in [0.05, 0.1) is 4.47 Å². The van der Waals surface area contributed by atoms with Gasteiger partial charge in [-0.1, -0.05) is 30.3 Å². The van der Waals surface area contributed by atoms with Crippen LogP contribution in [0.2, 0.25) is 0 Å². The van der Waals surface area contributed by atoms with Crippen LogP contribution in [0.15, 0.2) is 67.9 Å². The normalized spacial score (nSPS) is 11.3. The Morgan fingerprint density at radius 2 is 1.57 bits per heavy atom. The standard InChI is InChI=1S/C17H9BrO3/c18-12-6-3-5-11-9-15(21-17(11)12)16(19)14-8-10-4-1-2-7-13(10)20-14/h1-9H. The summed E-state index contributed by atoms with van der Waals surface area (Å²) in [6.07, 6.45) is 0. The Hall–Kier alpha value is -2.33. The van der Waals surface area contributed by atoms with E-state index in [1.165, 1.54) is 0 Å².